The lowest BCUT2D eigenvalue weighted by Gasteiger charge is -2.32. The molecule has 0 bridgehead atoms. The Bertz CT molecular complexity index is 3230. The van der Waals surface area contributed by atoms with E-state index in [-0.39, 0.29) is 0 Å². The SMILES string of the molecule is c1ccc(-c2ccc(-c3ccc(-c4c5c(c(-c6ccc(N(c7ccc(-c8ccccc8)cc7)c7ccc8c(c7)oc7ccccc78)cc6)c6c4CCCC6)CCCC5)cc3)cc2)cc1. The van der Waals surface area contributed by atoms with Crippen molar-refractivity contribution < 1.29 is 4.42 Å². The zero-order valence-electron chi connectivity index (χ0n) is 36.1. The Labute approximate surface area is 376 Å². The molecule has 0 N–H and O–H groups in total. The molecule has 2 nitrogen and oxygen atoms in total. The van der Waals surface area contributed by atoms with Crippen LogP contribution in [0.5, 0.6) is 0 Å². The van der Waals surface area contributed by atoms with E-state index in [4.69, 9.17) is 4.42 Å². The van der Waals surface area contributed by atoms with Gasteiger partial charge in [-0.1, -0.05) is 152 Å². The molecule has 0 saturated heterocycles. The van der Waals surface area contributed by atoms with E-state index in [1.807, 2.05) is 6.07 Å². The molecule has 1 heterocycles. The summed E-state index contributed by atoms with van der Waals surface area (Å²) in [5, 5.41) is 2.28. The van der Waals surface area contributed by atoms with Gasteiger partial charge in [-0.25, -0.2) is 0 Å². The van der Waals surface area contributed by atoms with Gasteiger partial charge in [0, 0.05) is 33.9 Å². The van der Waals surface area contributed by atoms with Crippen molar-refractivity contribution in [1.29, 1.82) is 0 Å². The largest absolute Gasteiger partial charge is 0.456 e. The quantitative estimate of drug-likeness (QED) is 0.152. The van der Waals surface area contributed by atoms with E-state index in [1.165, 1.54) is 81.3 Å². The summed E-state index contributed by atoms with van der Waals surface area (Å²) >= 11 is 0. The van der Waals surface area contributed by atoms with Crippen LogP contribution < -0.4 is 4.90 Å². The minimum absolute atomic E-state index is 0.895. The van der Waals surface area contributed by atoms with Crippen molar-refractivity contribution in [2.75, 3.05) is 4.90 Å². The third-order valence-electron chi connectivity index (χ3n) is 13.9. The highest BCUT2D eigenvalue weighted by Crippen LogP contribution is 2.47. The summed E-state index contributed by atoms with van der Waals surface area (Å²) in [7, 11) is 0. The molecular weight excluding hydrogens is 775 g/mol. The molecule has 2 aliphatic rings. The molecule has 10 aromatic rings. The number of nitrogens with zero attached hydrogens (tertiary/aromatic N) is 1. The summed E-state index contributed by atoms with van der Waals surface area (Å²) in [6, 6.07) is 73.2. The Morgan fingerprint density at radius 3 is 1.09 bits per heavy atom. The van der Waals surface area contributed by atoms with Crippen molar-refractivity contribution in [3.8, 4) is 55.6 Å². The van der Waals surface area contributed by atoms with Gasteiger partial charge in [0.15, 0.2) is 0 Å². The van der Waals surface area contributed by atoms with Crippen LogP contribution in [0.1, 0.15) is 47.9 Å². The number of para-hydroxylation sites is 1. The van der Waals surface area contributed by atoms with Crippen molar-refractivity contribution in [2.24, 2.45) is 0 Å². The number of fused-ring (bicyclic) bond motifs is 5. The summed E-state index contributed by atoms with van der Waals surface area (Å²) < 4.78 is 6.43. The zero-order chi connectivity index (χ0) is 42.4. The number of hydrogen-bond acceptors (Lipinski definition) is 2. The summed E-state index contributed by atoms with van der Waals surface area (Å²) in [6.07, 6.45) is 9.53. The molecule has 2 heteroatoms. The van der Waals surface area contributed by atoms with E-state index in [0.717, 1.165) is 64.7 Å². The molecule has 2 aliphatic carbocycles. The molecule has 0 radical (unpaired) electrons. The molecule has 12 rings (SSSR count). The predicted molar refractivity (Wildman–Crippen MR) is 269 cm³/mol. The van der Waals surface area contributed by atoms with Gasteiger partial charge in [0.05, 0.1) is 0 Å². The minimum Gasteiger partial charge on any atom is -0.456 e. The van der Waals surface area contributed by atoms with Crippen LogP contribution in [0.4, 0.5) is 17.1 Å². The van der Waals surface area contributed by atoms with Crippen LogP contribution in [-0.2, 0) is 25.7 Å². The Balaban J connectivity index is 0.924. The average Bonchev–Trinajstić information content (AvgIpc) is 3.75. The lowest BCUT2D eigenvalue weighted by molar-refractivity contribution is 0.662. The smallest absolute Gasteiger partial charge is 0.137 e. The number of rotatable bonds is 8. The second kappa shape index (κ2) is 16.4. The predicted octanol–water partition coefficient (Wildman–Crippen LogP) is 17.1. The fourth-order valence-electron chi connectivity index (χ4n) is 10.8. The highest BCUT2D eigenvalue weighted by Gasteiger charge is 2.28. The molecule has 308 valence electrons. The molecule has 0 fully saturated rings. The lowest BCUT2D eigenvalue weighted by atomic mass is 9.73. The van der Waals surface area contributed by atoms with E-state index >= 15 is 0 Å². The number of furan rings is 1. The Morgan fingerprint density at radius 2 is 0.625 bits per heavy atom. The molecule has 0 unspecified atom stereocenters. The van der Waals surface area contributed by atoms with Gasteiger partial charge < -0.3 is 9.32 Å². The molecule has 0 saturated carbocycles. The monoisotopic (exact) mass is 823 g/mol. The van der Waals surface area contributed by atoms with E-state index in [9.17, 15) is 0 Å². The molecular formula is C62H49NO. The molecule has 64 heavy (non-hydrogen) atoms. The normalized spacial score (nSPS) is 13.4. The summed E-state index contributed by atoms with van der Waals surface area (Å²) in [4.78, 5) is 2.38. The van der Waals surface area contributed by atoms with Crippen molar-refractivity contribution in [2.45, 2.75) is 51.4 Å². The van der Waals surface area contributed by atoms with Gasteiger partial charge in [-0.15, -0.1) is 0 Å². The molecule has 0 aliphatic heterocycles. The maximum atomic E-state index is 6.43. The molecule has 0 amide bonds. The molecule has 1 aromatic heterocycles. The van der Waals surface area contributed by atoms with E-state index in [0.29, 0.717) is 0 Å². The maximum Gasteiger partial charge on any atom is 0.137 e. The first-order valence-electron chi connectivity index (χ1n) is 23.2. The fourth-order valence-corrected chi connectivity index (χ4v) is 10.8. The van der Waals surface area contributed by atoms with Gasteiger partial charge in [0.25, 0.3) is 0 Å². The summed E-state index contributed by atoms with van der Waals surface area (Å²) in [5.74, 6) is 0. The van der Waals surface area contributed by atoms with Crippen molar-refractivity contribution in [3.05, 3.63) is 222 Å². The van der Waals surface area contributed by atoms with Crippen LogP contribution >= 0.6 is 0 Å². The number of benzene rings is 9. The molecule has 0 atom stereocenters. The third-order valence-corrected chi connectivity index (χ3v) is 13.9. The van der Waals surface area contributed by atoms with E-state index in [1.54, 1.807) is 22.3 Å². The van der Waals surface area contributed by atoms with Gasteiger partial charge in [0.1, 0.15) is 11.2 Å². The highest BCUT2D eigenvalue weighted by molar-refractivity contribution is 6.06. The van der Waals surface area contributed by atoms with Crippen LogP contribution in [-0.4, -0.2) is 0 Å². The molecule has 0 spiro atoms. The Morgan fingerprint density at radius 1 is 0.281 bits per heavy atom. The summed E-state index contributed by atoms with van der Waals surface area (Å²) in [6.45, 7) is 0. The second-order valence-electron chi connectivity index (χ2n) is 17.7. The Kier molecular flexibility index (Phi) is 9.79. The lowest BCUT2D eigenvalue weighted by Crippen LogP contribution is -2.15. The summed E-state index contributed by atoms with van der Waals surface area (Å²) in [5.41, 5.74) is 24.7. The molecule has 9 aromatic carbocycles. The van der Waals surface area contributed by atoms with Crippen molar-refractivity contribution >= 4 is 39.0 Å². The maximum absolute atomic E-state index is 6.43. The van der Waals surface area contributed by atoms with Gasteiger partial charge in [-0.3, -0.25) is 0 Å². The van der Waals surface area contributed by atoms with Gasteiger partial charge >= 0.3 is 0 Å². The van der Waals surface area contributed by atoms with Crippen LogP contribution in [0, 0.1) is 0 Å². The number of anilines is 3. The topological polar surface area (TPSA) is 16.4 Å². The first kappa shape index (κ1) is 38.3. The van der Waals surface area contributed by atoms with E-state index in [2.05, 4.69) is 199 Å². The number of hydrogen-bond donors (Lipinski definition) is 0. The highest BCUT2D eigenvalue weighted by atomic mass is 16.3. The van der Waals surface area contributed by atoms with Crippen LogP contribution in [0.15, 0.2) is 205 Å². The zero-order valence-corrected chi connectivity index (χ0v) is 36.1. The minimum atomic E-state index is 0.895. The van der Waals surface area contributed by atoms with Crippen molar-refractivity contribution in [3.63, 3.8) is 0 Å². The third kappa shape index (κ3) is 6.91. The van der Waals surface area contributed by atoms with Crippen LogP contribution in [0.25, 0.3) is 77.6 Å². The van der Waals surface area contributed by atoms with Crippen molar-refractivity contribution in [1.82, 2.24) is 0 Å². The first-order valence-corrected chi connectivity index (χ1v) is 23.2. The van der Waals surface area contributed by atoms with Crippen LogP contribution in [0.3, 0.4) is 0 Å². The standard InChI is InChI=1S/C62H49NO/c1-3-13-42(14-4-1)44-23-25-45(26-24-44)46-27-29-48(30-28-46)61-55-18-7-9-20-57(55)62(58-21-10-8-19-56(58)61)49-33-37-51(38-34-49)63(50-35-31-47(32-36-50)43-15-5-2-6-16-43)52-39-40-54-53-17-11-12-22-59(53)64-60(54)41-52/h1-6,11-17,22-41H,7-10,18-21H2. The first-order chi connectivity index (χ1) is 31.7. The fraction of sp³-hybridized carbons (Fsp3) is 0.129. The van der Waals surface area contributed by atoms with Gasteiger partial charge in [-0.05, 0) is 172 Å². The Hall–Kier alpha value is -7.42. The van der Waals surface area contributed by atoms with Gasteiger partial charge in [-0.2, -0.15) is 0 Å². The second-order valence-corrected chi connectivity index (χ2v) is 17.7. The van der Waals surface area contributed by atoms with Gasteiger partial charge in [0.2, 0.25) is 0 Å². The average molecular weight is 824 g/mol. The van der Waals surface area contributed by atoms with Crippen LogP contribution in [0.2, 0.25) is 0 Å². The van der Waals surface area contributed by atoms with E-state index < -0.39 is 0 Å².